The van der Waals surface area contributed by atoms with E-state index in [1.165, 1.54) is 142 Å². The van der Waals surface area contributed by atoms with Crippen LogP contribution in [0.4, 0.5) is 0 Å². The predicted molar refractivity (Wildman–Crippen MR) is 199 cm³/mol. The van der Waals surface area contributed by atoms with Crippen LogP contribution in [-0.2, 0) is 14.3 Å². The Balaban J connectivity index is 4.16. The van der Waals surface area contributed by atoms with Gasteiger partial charge in [0, 0.05) is 33.4 Å². The molecule has 1 atom stereocenters. The molecule has 0 aromatic carbocycles. The van der Waals surface area contributed by atoms with E-state index < -0.39 is 0 Å². The van der Waals surface area contributed by atoms with Crippen molar-refractivity contribution in [1.29, 1.82) is 0 Å². The van der Waals surface area contributed by atoms with Crippen LogP contribution in [-0.4, -0.2) is 87.6 Å². The average molecular weight is 655 g/mol. The molecule has 276 valence electrons. The molecule has 0 bridgehead atoms. The number of ether oxygens (including phenoxy) is 2. The Morgan fingerprint density at radius 3 is 1.59 bits per heavy atom. The highest BCUT2D eigenvalue weighted by atomic mass is 16.5. The first-order valence-corrected chi connectivity index (χ1v) is 20.3. The summed E-state index contributed by atoms with van der Waals surface area (Å²) in [6, 6.07) is 0. The zero-order valence-electron chi connectivity index (χ0n) is 31.7. The molecule has 0 spiro atoms. The van der Waals surface area contributed by atoms with E-state index in [1.807, 2.05) is 0 Å². The molecule has 46 heavy (non-hydrogen) atoms. The molecule has 1 unspecified atom stereocenters. The molecule has 0 heterocycles. The highest BCUT2D eigenvalue weighted by molar-refractivity contribution is 5.72. The van der Waals surface area contributed by atoms with E-state index in [9.17, 15) is 4.79 Å². The molecule has 0 saturated heterocycles. The molecule has 0 saturated carbocycles. The first kappa shape index (κ1) is 45.3. The molecular formula is C40H82N2O4. The van der Waals surface area contributed by atoms with E-state index in [2.05, 4.69) is 30.7 Å². The maximum Gasteiger partial charge on any atom is 0.308 e. The molecule has 0 amide bonds. The van der Waals surface area contributed by atoms with Crippen molar-refractivity contribution in [2.75, 3.05) is 66.7 Å². The van der Waals surface area contributed by atoms with Gasteiger partial charge in [-0.2, -0.15) is 0 Å². The monoisotopic (exact) mass is 655 g/mol. The number of methoxy groups -OCH3 is 1. The van der Waals surface area contributed by atoms with E-state index in [0.29, 0.717) is 13.2 Å². The smallest absolute Gasteiger partial charge is 0.308 e. The van der Waals surface area contributed by atoms with E-state index in [4.69, 9.17) is 14.6 Å². The summed E-state index contributed by atoms with van der Waals surface area (Å²) >= 11 is 0. The lowest BCUT2D eigenvalue weighted by Gasteiger charge is -2.25. The summed E-state index contributed by atoms with van der Waals surface area (Å²) < 4.78 is 10.9. The van der Waals surface area contributed by atoms with Gasteiger partial charge < -0.3 is 24.4 Å². The number of aliphatic hydroxyl groups is 1. The third-order valence-electron chi connectivity index (χ3n) is 9.58. The zero-order valence-corrected chi connectivity index (χ0v) is 31.7. The summed E-state index contributed by atoms with van der Waals surface area (Å²) in [4.78, 5) is 17.9. The van der Waals surface area contributed by atoms with Gasteiger partial charge in [0.05, 0.1) is 12.5 Å². The van der Waals surface area contributed by atoms with Crippen LogP contribution in [0.5, 0.6) is 0 Å². The van der Waals surface area contributed by atoms with Gasteiger partial charge in [-0.05, 0) is 78.0 Å². The van der Waals surface area contributed by atoms with Gasteiger partial charge in [0.25, 0.3) is 0 Å². The molecule has 1 N–H and O–H groups in total. The Bertz CT molecular complexity index is 606. The SMILES string of the molecule is CCCCCCC(CCCC)C(=O)OCCCCCCCCCN(CCCCCCCCCOC)CCN(C)CCCCCCO. The van der Waals surface area contributed by atoms with Crippen molar-refractivity contribution < 1.29 is 19.4 Å². The van der Waals surface area contributed by atoms with Gasteiger partial charge in [-0.1, -0.05) is 129 Å². The first-order valence-electron chi connectivity index (χ1n) is 20.3. The largest absolute Gasteiger partial charge is 0.465 e. The van der Waals surface area contributed by atoms with Crippen LogP contribution < -0.4 is 0 Å². The van der Waals surface area contributed by atoms with Gasteiger partial charge in [0.15, 0.2) is 0 Å². The van der Waals surface area contributed by atoms with E-state index in [0.717, 1.165) is 64.5 Å². The molecule has 0 aliphatic carbocycles. The van der Waals surface area contributed by atoms with Crippen LogP contribution in [0.25, 0.3) is 0 Å². The molecule has 0 aromatic heterocycles. The second-order valence-corrected chi connectivity index (χ2v) is 14.1. The number of likely N-dealkylation sites (N-methyl/N-ethyl adjacent to an activating group) is 1. The number of aliphatic hydroxyl groups excluding tert-OH is 1. The molecule has 6 heteroatoms. The van der Waals surface area contributed by atoms with Gasteiger partial charge in [-0.25, -0.2) is 0 Å². The number of carbonyl (C=O) groups excluding carboxylic acids is 1. The fraction of sp³-hybridized carbons (Fsp3) is 0.975. The third-order valence-corrected chi connectivity index (χ3v) is 9.58. The maximum absolute atomic E-state index is 12.7. The fourth-order valence-corrected chi connectivity index (χ4v) is 6.33. The number of unbranched alkanes of at least 4 members (excludes halogenated alkanes) is 19. The number of esters is 1. The summed E-state index contributed by atoms with van der Waals surface area (Å²) in [5, 5.41) is 8.99. The van der Waals surface area contributed by atoms with Crippen LogP contribution in [0.1, 0.15) is 181 Å². The molecule has 6 nitrogen and oxygen atoms in total. The lowest BCUT2D eigenvalue weighted by Crippen LogP contribution is -2.35. The van der Waals surface area contributed by atoms with Crippen molar-refractivity contribution in [1.82, 2.24) is 9.80 Å². The quantitative estimate of drug-likeness (QED) is 0.0528. The Morgan fingerprint density at radius 1 is 0.543 bits per heavy atom. The summed E-state index contributed by atoms with van der Waals surface area (Å²) in [5.41, 5.74) is 0. The van der Waals surface area contributed by atoms with Crippen LogP contribution in [0.2, 0.25) is 0 Å². The number of carbonyl (C=O) groups is 1. The van der Waals surface area contributed by atoms with E-state index in [1.54, 1.807) is 7.11 Å². The van der Waals surface area contributed by atoms with Gasteiger partial charge in [-0.15, -0.1) is 0 Å². The molecule has 0 aliphatic rings. The van der Waals surface area contributed by atoms with Crippen molar-refractivity contribution in [3.63, 3.8) is 0 Å². The highest BCUT2D eigenvalue weighted by Gasteiger charge is 2.19. The minimum Gasteiger partial charge on any atom is -0.465 e. The van der Waals surface area contributed by atoms with Crippen molar-refractivity contribution in [2.45, 2.75) is 181 Å². The van der Waals surface area contributed by atoms with Crippen molar-refractivity contribution >= 4 is 5.97 Å². The highest BCUT2D eigenvalue weighted by Crippen LogP contribution is 2.19. The van der Waals surface area contributed by atoms with Crippen molar-refractivity contribution in [2.24, 2.45) is 5.92 Å². The summed E-state index contributed by atoms with van der Waals surface area (Å²) in [7, 11) is 4.07. The molecular weight excluding hydrogens is 572 g/mol. The average Bonchev–Trinajstić information content (AvgIpc) is 3.06. The predicted octanol–water partition coefficient (Wildman–Crippen LogP) is 10.2. The Morgan fingerprint density at radius 2 is 1.02 bits per heavy atom. The second kappa shape index (κ2) is 37.1. The third kappa shape index (κ3) is 31.9. The molecule has 0 aromatic rings. The number of nitrogens with zero attached hydrogens (tertiary/aromatic N) is 2. The Kier molecular flexibility index (Phi) is 36.6. The van der Waals surface area contributed by atoms with E-state index >= 15 is 0 Å². The minimum absolute atomic E-state index is 0.0664. The Labute approximate surface area is 288 Å². The van der Waals surface area contributed by atoms with Gasteiger partial charge in [0.2, 0.25) is 0 Å². The van der Waals surface area contributed by atoms with Crippen LogP contribution in [0.3, 0.4) is 0 Å². The maximum atomic E-state index is 12.7. The van der Waals surface area contributed by atoms with Gasteiger partial charge in [0.1, 0.15) is 0 Å². The van der Waals surface area contributed by atoms with Crippen LogP contribution in [0, 0.1) is 5.92 Å². The number of hydrogen-bond acceptors (Lipinski definition) is 6. The number of rotatable bonds is 38. The molecule has 0 rings (SSSR count). The van der Waals surface area contributed by atoms with Crippen molar-refractivity contribution in [3.8, 4) is 0 Å². The van der Waals surface area contributed by atoms with Gasteiger partial charge >= 0.3 is 5.97 Å². The molecule has 0 fully saturated rings. The van der Waals surface area contributed by atoms with Crippen LogP contribution >= 0.6 is 0 Å². The topological polar surface area (TPSA) is 62.2 Å². The normalized spacial score (nSPS) is 12.4. The lowest BCUT2D eigenvalue weighted by atomic mass is 9.95. The second-order valence-electron chi connectivity index (χ2n) is 14.1. The first-order chi connectivity index (χ1) is 22.6. The number of hydrogen-bond donors (Lipinski definition) is 1. The Hall–Kier alpha value is -0.690. The lowest BCUT2D eigenvalue weighted by molar-refractivity contribution is -0.149. The summed E-state index contributed by atoms with van der Waals surface area (Å²) in [6.45, 7) is 12.3. The fourth-order valence-electron chi connectivity index (χ4n) is 6.33. The molecule has 0 aliphatic heterocycles. The summed E-state index contributed by atoms with van der Waals surface area (Å²) in [5.74, 6) is 0.187. The molecule has 0 radical (unpaired) electrons. The zero-order chi connectivity index (χ0) is 33.8. The van der Waals surface area contributed by atoms with Crippen LogP contribution in [0.15, 0.2) is 0 Å². The van der Waals surface area contributed by atoms with Crippen molar-refractivity contribution in [3.05, 3.63) is 0 Å². The standard InChI is InChI=1S/C40H82N2O4/c1-5-7-9-22-30-39(29-8-6-2)40(44)46-38-28-21-15-11-13-17-25-33-42(32-24-16-12-10-14-20-27-37-45-4)35-34-41(3)31-23-18-19-26-36-43/h39,43H,5-38H2,1-4H3. The summed E-state index contributed by atoms with van der Waals surface area (Å²) in [6.07, 6.45) is 31.7. The van der Waals surface area contributed by atoms with E-state index in [-0.39, 0.29) is 11.9 Å². The minimum atomic E-state index is 0.0664. The van der Waals surface area contributed by atoms with Gasteiger partial charge in [-0.3, -0.25) is 4.79 Å².